The molecule has 0 aliphatic carbocycles. The first kappa shape index (κ1) is 17.5. The fourth-order valence-corrected chi connectivity index (χ4v) is 3.28. The second kappa shape index (κ2) is 7.25. The first-order valence-electron chi connectivity index (χ1n) is 8.34. The highest BCUT2D eigenvalue weighted by Crippen LogP contribution is 2.28. The van der Waals surface area contributed by atoms with E-state index in [-0.39, 0.29) is 5.75 Å². The van der Waals surface area contributed by atoms with Gasteiger partial charge in [-0.1, -0.05) is 18.2 Å². The lowest BCUT2D eigenvalue weighted by molar-refractivity contribution is -0.274. The van der Waals surface area contributed by atoms with E-state index in [1.54, 1.807) is 12.1 Å². The van der Waals surface area contributed by atoms with Crippen molar-refractivity contribution < 1.29 is 17.9 Å². The van der Waals surface area contributed by atoms with E-state index in [4.69, 9.17) is 5.73 Å². The molecule has 2 aromatic carbocycles. The molecule has 134 valence electrons. The SMILES string of the molecule is Nc1cccc(N2CCC(Cc3ccc(OC(F)(F)F)cc3)CC2)c1. The van der Waals surface area contributed by atoms with Crippen LogP contribution in [0.4, 0.5) is 24.5 Å². The lowest BCUT2D eigenvalue weighted by Gasteiger charge is -2.33. The zero-order valence-corrected chi connectivity index (χ0v) is 13.8. The van der Waals surface area contributed by atoms with Crippen molar-refractivity contribution in [2.45, 2.75) is 25.6 Å². The summed E-state index contributed by atoms with van der Waals surface area (Å²) in [6.45, 7) is 1.92. The smallest absolute Gasteiger partial charge is 0.406 e. The number of halogens is 3. The molecule has 0 bridgehead atoms. The van der Waals surface area contributed by atoms with E-state index in [1.165, 1.54) is 12.1 Å². The topological polar surface area (TPSA) is 38.5 Å². The van der Waals surface area contributed by atoms with Crippen molar-refractivity contribution >= 4 is 11.4 Å². The lowest BCUT2D eigenvalue weighted by Crippen LogP contribution is -2.34. The van der Waals surface area contributed by atoms with Crippen molar-refractivity contribution in [3.63, 3.8) is 0 Å². The summed E-state index contributed by atoms with van der Waals surface area (Å²) >= 11 is 0. The fourth-order valence-electron chi connectivity index (χ4n) is 3.28. The standard InChI is InChI=1S/C19H21F3N2O/c20-19(21,22)25-18-6-4-14(5-7-18)12-15-8-10-24(11-9-15)17-3-1-2-16(23)13-17/h1-7,13,15H,8-12,23H2. The molecule has 0 radical (unpaired) electrons. The predicted molar refractivity (Wildman–Crippen MR) is 92.6 cm³/mol. The number of anilines is 2. The zero-order chi connectivity index (χ0) is 17.9. The zero-order valence-electron chi connectivity index (χ0n) is 13.8. The maximum absolute atomic E-state index is 12.2. The number of nitrogens with two attached hydrogens (primary N) is 1. The van der Waals surface area contributed by atoms with Gasteiger partial charge < -0.3 is 15.4 Å². The highest BCUT2D eigenvalue weighted by molar-refractivity contribution is 5.56. The van der Waals surface area contributed by atoms with Crippen molar-refractivity contribution in [1.82, 2.24) is 0 Å². The van der Waals surface area contributed by atoms with E-state index < -0.39 is 6.36 Å². The minimum Gasteiger partial charge on any atom is -0.406 e. The molecule has 2 N–H and O–H groups in total. The highest BCUT2D eigenvalue weighted by atomic mass is 19.4. The Morgan fingerprint density at radius 2 is 1.72 bits per heavy atom. The molecule has 0 spiro atoms. The summed E-state index contributed by atoms with van der Waals surface area (Å²) in [7, 11) is 0. The molecule has 2 aromatic rings. The Balaban J connectivity index is 1.52. The summed E-state index contributed by atoms with van der Waals surface area (Å²) in [6.07, 6.45) is -1.67. The van der Waals surface area contributed by atoms with Gasteiger partial charge >= 0.3 is 6.36 Å². The number of benzene rings is 2. The third kappa shape index (κ3) is 5.05. The van der Waals surface area contributed by atoms with Crippen molar-refractivity contribution in [1.29, 1.82) is 0 Å². The number of piperidine rings is 1. The molecule has 0 amide bonds. The van der Waals surface area contributed by atoms with E-state index >= 15 is 0 Å². The Kier molecular flexibility index (Phi) is 5.06. The van der Waals surface area contributed by atoms with Gasteiger partial charge in [0.1, 0.15) is 5.75 Å². The van der Waals surface area contributed by atoms with Crippen LogP contribution >= 0.6 is 0 Å². The number of nitrogens with zero attached hydrogens (tertiary/aromatic N) is 1. The van der Waals surface area contributed by atoms with Crippen molar-refractivity contribution in [3.8, 4) is 5.75 Å². The van der Waals surface area contributed by atoms with E-state index in [0.29, 0.717) is 5.92 Å². The molecule has 0 aromatic heterocycles. The van der Waals surface area contributed by atoms with Crippen LogP contribution in [0.25, 0.3) is 0 Å². The van der Waals surface area contributed by atoms with Crippen molar-refractivity contribution in [3.05, 3.63) is 54.1 Å². The Bertz CT molecular complexity index is 693. The van der Waals surface area contributed by atoms with Gasteiger partial charge in [-0.3, -0.25) is 0 Å². The molecule has 6 heteroatoms. The van der Waals surface area contributed by atoms with E-state index in [1.807, 2.05) is 18.2 Å². The van der Waals surface area contributed by atoms with Gasteiger partial charge in [0.25, 0.3) is 0 Å². The van der Waals surface area contributed by atoms with Gasteiger partial charge in [-0.15, -0.1) is 13.2 Å². The Morgan fingerprint density at radius 1 is 1.04 bits per heavy atom. The number of hydrogen-bond acceptors (Lipinski definition) is 3. The fraction of sp³-hybridized carbons (Fsp3) is 0.368. The summed E-state index contributed by atoms with van der Waals surface area (Å²) < 4.78 is 40.4. The van der Waals surface area contributed by atoms with Gasteiger partial charge in [0.2, 0.25) is 0 Å². The van der Waals surface area contributed by atoms with Crippen LogP contribution in [0.3, 0.4) is 0 Å². The van der Waals surface area contributed by atoms with Crippen LogP contribution in [0.15, 0.2) is 48.5 Å². The largest absolute Gasteiger partial charge is 0.573 e. The van der Waals surface area contributed by atoms with Crippen LogP contribution in [0, 0.1) is 5.92 Å². The van der Waals surface area contributed by atoms with Crippen LogP contribution in [0.5, 0.6) is 5.75 Å². The Hall–Kier alpha value is -2.37. The second-order valence-corrected chi connectivity index (χ2v) is 6.42. The summed E-state index contributed by atoms with van der Waals surface area (Å²) in [4.78, 5) is 2.33. The van der Waals surface area contributed by atoms with Gasteiger partial charge in [-0.2, -0.15) is 0 Å². The summed E-state index contributed by atoms with van der Waals surface area (Å²) in [5.74, 6) is 0.361. The summed E-state index contributed by atoms with van der Waals surface area (Å²) in [6, 6.07) is 14.1. The van der Waals surface area contributed by atoms with Crippen LogP contribution in [0.2, 0.25) is 0 Å². The maximum Gasteiger partial charge on any atom is 0.573 e. The first-order chi connectivity index (χ1) is 11.9. The number of nitrogen functional groups attached to an aromatic ring is 1. The van der Waals surface area contributed by atoms with Gasteiger partial charge in [-0.05, 0) is 61.1 Å². The quantitative estimate of drug-likeness (QED) is 0.818. The highest BCUT2D eigenvalue weighted by Gasteiger charge is 2.31. The second-order valence-electron chi connectivity index (χ2n) is 6.42. The normalized spacial score (nSPS) is 16.0. The number of alkyl halides is 3. The van der Waals surface area contributed by atoms with Crippen LogP contribution < -0.4 is 15.4 Å². The van der Waals surface area contributed by atoms with Crippen molar-refractivity contribution in [2.24, 2.45) is 5.92 Å². The van der Waals surface area contributed by atoms with Crippen LogP contribution in [0.1, 0.15) is 18.4 Å². The maximum atomic E-state index is 12.2. The average Bonchev–Trinajstić information content (AvgIpc) is 2.56. The Morgan fingerprint density at radius 3 is 2.32 bits per heavy atom. The van der Waals surface area contributed by atoms with E-state index in [0.717, 1.165) is 49.3 Å². The molecule has 0 unspecified atom stereocenters. The molecule has 0 atom stereocenters. The van der Waals surface area contributed by atoms with Gasteiger partial charge in [0.15, 0.2) is 0 Å². The molecule has 1 saturated heterocycles. The van der Waals surface area contributed by atoms with Gasteiger partial charge in [0, 0.05) is 24.5 Å². The van der Waals surface area contributed by atoms with Gasteiger partial charge in [-0.25, -0.2) is 0 Å². The van der Waals surface area contributed by atoms with Crippen LogP contribution in [-0.4, -0.2) is 19.5 Å². The molecular weight excluding hydrogens is 329 g/mol. The first-order valence-corrected chi connectivity index (χ1v) is 8.34. The minimum absolute atomic E-state index is 0.173. The third-order valence-corrected chi connectivity index (χ3v) is 4.53. The molecule has 3 rings (SSSR count). The summed E-state index contributed by atoms with van der Waals surface area (Å²) in [5.41, 5.74) is 8.79. The van der Waals surface area contributed by atoms with Crippen LogP contribution in [-0.2, 0) is 6.42 Å². The number of ether oxygens (including phenoxy) is 1. The molecule has 25 heavy (non-hydrogen) atoms. The number of hydrogen-bond donors (Lipinski definition) is 1. The molecule has 1 heterocycles. The monoisotopic (exact) mass is 350 g/mol. The summed E-state index contributed by atoms with van der Waals surface area (Å²) in [5, 5.41) is 0. The van der Waals surface area contributed by atoms with E-state index in [9.17, 15) is 13.2 Å². The molecular formula is C19H21F3N2O. The molecule has 3 nitrogen and oxygen atoms in total. The Labute approximate surface area is 145 Å². The van der Waals surface area contributed by atoms with Crippen molar-refractivity contribution in [2.75, 3.05) is 23.7 Å². The average molecular weight is 350 g/mol. The minimum atomic E-state index is -4.64. The number of rotatable bonds is 4. The molecule has 1 aliphatic rings. The predicted octanol–water partition coefficient (Wildman–Crippen LogP) is 4.63. The molecule has 0 saturated carbocycles. The molecule has 1 aliphatic heterocycles. The van der Waals surface area contributed by atoms with Gasteiger partial charge in [0.05, 0.1) is 0 Å². The molecule has 1 fully saturated rings. The lowest BCUT2D eigenvalue weighted by atomic mass is 9.90. The van der Waals surface area contributed by atoms with E-state index in [2.05, 4.69) is 15.7 Å². The third-order valence-electron chi connectivity index (χ3n) is 4.53.